The molecule has 1 heterocycles. The van der Waals surface area contributed by atoms with Crippen LogP contribution in [0.5, 0.6) is 0 Å². The maximum absolute atomic E-state index is 9.46. The Labute approximate surface area is 158 Å². The normalized spacial score (nSPS) is 10.9. The summed E-state index contributed by atoms with van der Waals surface area (Å²) in [6.45, 7) is 4.13. The lowest BCUT2D eigenvalue weighted by Crippen LogP contribution is -1.97. The third-order valence-corrected chi connectivity index (χ3v) is 5.03. The number of rotatable bonds is 2. The van der Waals surface area contributed by atoms with Crippen LogP contribution in [-0.4, -0.2) is 9.55 Å². The zero-order valence-corrected chi connectivity index (χ0v) is 15.6. The van der Waals surface area contributed by atoms with Crippen molar-refractivity contribution in [2.24, 2.45) is 7.05 Å². The Kier molecular flexibility index (Phi) is 3.93. The fraction of sp³-hybridized carbons (Fsp3) is 0.130. The molecule has 0 spiro atoms. The number of aryl methyl sites for hydroxylation is 3. The van der Waals surface area contributed by atoms with Crippen molar-refractivity contribution in [3.05, 3.63) is 71.5 Å². The van der Waals surface area contributed by atoms with Crippen molar-refractivity contribution in [1.82, 2.24) is 9.55 Å². The van der Waals surface area contributed by atoms with Gasteiger partial charge in [-0.05, 0) is 48.6 Å². The fourth-order valence-corrected chi connectivity index (χ4v) is 3.90. The Balaban J connectivity index is 2.06. The van der Waals surface area contributed by atoms with E-state index >= 15 is 0 Å². The molecule has 27 heavy (non-hydrogen) atoms. The van der Waals surface area contributed by atoms with Crippen LogP contribution in [0, 0.1) is 25.2 Å². The molecule has 3 aromatic carbocycles. The van der Waals surface area contributed by atoms with Gasteiger partial charge in [-0.15, -0.1) is 0 Å². The van der Waals surface area contributed by atoms with E-state index in [1.165, 1.54) is 0 Å². The van der Waals surface area contributed by atoms with Gasteiger partial charge in [0.2, 0.25) is 0 Å². The van der Waals surface area contributed by atoms with Crippen LogP contribution in [0.1, 0.15) is 16.7 Å². The number of nitrogens with zero attached hydrogens (tertiary/aromatic N) is 3. The van der Waals surface area contributed by atoms with Gasteiger partial charge in [0.1, 0.15) is 0 Å². The largest absolute Gasteiger partial charge is 0.399 e. The van der Waals surface area contributed by atoms with E-state index in [-0.39, 0.29) is 0 Å². The SMILES string of the molecule is Cc1cc(N)cc(C)c1-c1ncn(C)c1-c1ccc(C#N)c2ccccc12. The first-order valence-electron chi connectivity index (χ1n) is 8.82. The Bertz CT molecular complexity index is 1200. The molecule has 0 saturated carbocycles. The number of hydrogen-bond acceptors (Lipinski definition) is 3. The quantitative estimate of drug-likeness (QED) is 0.517. The molecule has 0 saturated heterocycles. The summed E-state index contributed by atoms with van der Waals surface area (Å²) in [6.07, 6.45) is 1.84. The maximum Gasteiger partial charge on any atom is 0.0998 e. The summed E-state index contributed by atoms with van der Waals surface area (Å²) in [5, 5.41) is 11.5. The molecule has 0 amide bonds. The summed E-state index contributed by atoms with van der Waals surface area (Å²) in [6, 6.07) is 18.2. The monoisotopic (exact) mass is 352 g/mol. The molecule has 4 heteroatoms. The molecule has 1 aromatic heterocycles. The number of hydrogen-bond donors (Lipinski definition) is 1. The standard InChI is InChI=1S/C23H20N4/c1-14-10-17(25)11-15(2)21(14)22-23(27(3)13-26-22)20-9-8-16(12-24)18-6-4-5-7-19(18)20/h4-11,13H,25H2,1-3H3. The highest BCUT2D eigenvalue weighted by molar-refractivity contribution is 6.01. The van der Waals surface area contributed by atoms with Gasteiger partial charge < -0.3 is 10.3 Å². The zero-order chi connectivity index (χ0) is 19.1. The Morgan fingerprint density at radius 1 is 1.00 bits per heavy atom. The molecule has 4 nitrogen and oxygen atoms in total. The number of fused-ring (bicyclic) bond motifs is 1. The van der Waals surface area contributed by atoms with E-state index < -0.39 is 0 Å². The van der Waals surface area contributed by atoms with Gasteiger partial charge in [0.25, 0.3) is 0 Å². The molecule has 0 atom stereocenters. The molecule has 4 rings (SSSR count). The van der Waals surface area contributed by atoms with Crippen LogP contribution in [0.4, 0.5) is 5.69 Å². The summed E-state index contributed by atoms with van der Waals surface area (Å²) in [5.41, 5.74) is 13.8. The van der Waals surface area contributed by atoms with Gasteiger partial charge >= 0.3 is 0 Å². The molecule has 0 bridgehead atoms. The molecule has 0 aliphatic rings. The van der Waals surface area contributed by atoms with E-state index in [1.807, 2.05) is 60.4 Å². The number of aromatic nitrogens is 2. The lowest BCUT2D eigenvalue weighted by Gasteiger charge is -2.14. The second kappa shape index (κ2) is 6.30. The average Bonchev–Trinajstić information content (AvgIpc) is 3.01. The molecule has 0 aliphatic carbocycles. The summed E-state index contributed by atoms with van der Waals surface area (Å²) in [5.74, 6) is 0. The van der Waals surface area contributed by atoms with E-state index in [4.69, 9.17) is 10.7 Å². The summed E-state index contributed by atoms with van der Waals surface area (Å²) < 4.78 is 2.04. The molecular weight excluding hydrogens is 332 g/mol. The molecule has 132 valence electrons. The Morgan fingerprint density at radius 3 is 2.33 bits per heavy atom. The first-order valence-corrected chi connectivity index (χ1v) is 8.82. The molecule has 4 aromatic rings. The van der Waals surface area contributed by atoms with Crippen molar-refractivity contribution < 1.29 is 0 Å². The highest BCUT2D eigenvalue weighted by Gasteiger charge is 2.19. The maximum atomic E-state index is 9.46. The summed E-state index contributed by atoms with van der Waals surface area (Å²) in [7, 11) is 2.00. The highest BCUT2D eigenvalue weighted by Crippen LogP contribution is 2.39. The first-order chi connectivity index (χ1) is 13.0. The molecule has 0 radical (unpaired) electrons. The topological polar surface area (TPSA) is 67.6 Å². The molecule has 2 N–H and O–H groups in total. The van der Waals surface area contributed by atoms with Crippen LogP contribution in [0.25, 0.3) is 33.3 Å². The minimum Gasteiger partial charge on any atom is -0.399 e. The first kappa shape index (κ1) is 16.9. The van der Waals surface area contributed by atoms with Crippen LogP contribution in [0.15, 0.2) is 54.9 Å². The summed E-state index contributed by atoms with van der Waals surface area (Å²) >= 11 is 0. The van der Waals surface area contributed by atoms with Gasteiger partial charge in [-0.25, -0.2) is 4.98 Å². The highest BCUT2D eigenvalue weighted by atomic mass is 15.0. The van der Waals surface area contributed by atoms with Crippen molar-refractivity contribution in [2.75, 3.05) is 5.73 Å². The van der Waals surface area contributed by atoms with E-state index in [0.29, 0.717) is 5.56 Å². The number of nitriles is 1. The lowest BCUT2D eigenvalue weighted by atomic mass is 9.93. The van der Waals surface area contributed by atoms with Crippen molar-refractivity contribution in [2.45, 2.75) is 13.8 Å². The smallest absolute Gasteiger partial charge is 0.0998 e. The van der Waals surface area contributed by atoms with Gasteiger partial charge in [0.15, 0.2) is 0 Å². The Hall–Kier alpha value is -3.58. The minimum atomic E-state index is 0.679. The van der Waals surface area contributed by atoms with Crippen LogP contribution in [0.3, 0.4) is 0 Å². The second-order valence-corrected chi connectivity index (χ2v) is 6.90. The predicted molar refractivity (Wildman–Crippen MR) is 110 cm³/mol. The third kappa shape index (κ3) is 2.65. The molecule has 0 unspecified atom stereocenters. The van der Waals surface area contributed by atoms with Crippen LogP contribution < -0.4 is 5.73 Å². The van der Waals surface area contributed by atoms with Gasteiger partial charge in [-0.1, -0.05) is 30.3 Å². The minimum absolute atomic E-state index is 0.679. The third-order valence-electron chi connectivity index (χ3n) is 5.03. The zero-order valence-electron chi connectivity index (χ0n) is 15.6. The van der Waals surface area contributed by atoms with Crippen LogP contribution in [-0.2, 0) is 7.05 Å². The molecule has 0 fully saturated rings. The van der Waals surface area contributed by atoms with Crippen molar-refractivity contribution in [3.8, 4) is 28.6 Å². The van der Waals surface area contributed by atoms with Gasteiger partial charge in [-0.2, -0.15) is 5.26 Å². The number of nitrogens with two attached hydrogens (primary N) is 1. The van der Waals surface area contributed by atoms with Gasteiger partial charge in [-0.3, -0.25) is 0 Å². The van der Waals surface area contributed by atoms with Crippen molar-refractivity contribution >= 4 is 16.5 Å². The van der Waals surface area contributed by atoms with E-state index in [2.05, 4.69) is 26.0 Å². The lowest BCUT2D eigenvalue weighted by molar-refractivity contribution is 0.922. The van der Waals surface area contributed by atoms with E-state index in [0.717, 1.165) is 50.1 Å². The second-order valence-electron chi connectivity index (χ2n) is 6.90. The number of imidazole rings is 1. The number of anilines is 1. The van der Waals surface area contributed by atoms with Crippen molar-refractivity contribution in [1.29, 1.82) is 5.26 Å². The average molecular weight is 352 g/mol. The van der Waals surface area contributed by atoms with Gasteiger partial charge in [0, 0.05) is 29.2 Å². The molecule has 0 aliphatic heterocycles. The molecular formula is C23H20N4. The van der Waals surface area contributed by atoms with Gasteiger partial charge in [0.05, 0.1) is 29.3 Å². The number of benzene rings is 3. The fourth-order valence-electron chi connectivity index (χ4n) is 3.90. The van der Waals surface area contributed by atoms with E-state index in [9.17, 15) is 5.26 Å². The van der Waals surface area contributed by atoms with E-state index in [1.54, 1.807) is 0 Å². The van der Waals surface area contributed by atoms with Crippen LogP contribution >= 0.6 is 0 Å². The number of nitrogen functional groups attached to an aromatic ring is 1. The Morgan fingerprint density at radius 2 is 1.67 bits per heavy atom. The van der Waals surface area contributed by atoms with Crippen molar-refractivity contribution in [3.63, 3.8) is 0 Å². The van der Waals surface area contributed by atoms with Crippen LogP contribution in [0.2, 0.25) is 0 Å². The summed E-state index contributed by atoms with van der Waals surface area (Å²) in [4.78, 5) is 4.72. The predicted octanol–water partition coefficient (Wildman–Crippen LogP) is 4.98.